The number of aliphatic imine (C=N–C) groups is 1. The summed E-state index contributed by atoms with van der Waals surface area (Å²) in [6, 6.07) is 17.8. The fourth-order valence-electron chi connectivity index (χ4n) is 1.55. The van der Waals surface area contributed by atoms with Gasteiger partial charge in [0.1, 0.15) is 0 Å². The molecule has 0 heterocycles. The third-order valence-electron chi connectivity index (χ3n) is 2.54. The highest BCUT2D eigenvalue weighted by Crippen LogP contribution is 2.13. The number of hydrogen-bond donors (Lipinski definition) is 1. The number of nitrogens with one attached hydrogen (secondary N) is 1. The van der Waals surface area contributed by atoms with Crippen molar-refractivity contribution in [3.63, 3.8) is 0 Å². The van der Waals surface area contributed by atoms with Crippen LogP contribution in [0.4, 0.5) is 5.69 Å². The molecule has 0 aromatic heterocycles. The van der Waals surface area contributed by atoms with Crippen molar-refractivity contribution in [3.05, 3.63) is 65.2 Å². The lowest BCUT2D eigenvalue weighted by Gasteiger charge is -2.07. The molecule has 2 aromatic carbocycles. The molecular weight excluding hydrogens is 276 g/mol. The molecule has 0 aliphatic heterocycles. The molecule has 0 unspecified atom stereocenters. The van der Waals surface area contributed by atoms with Crippen molar-refractivity contribution >= 4 is 34.2 Å². The Kier molecular flexibility index (Phi) is 5.31. The number of anilines is 1. The van der Waals surface area contributed by atoms with E-state index in [0.717, 1.165) is 21.4 Å². The maximum Gasteiger partial charge on any atom is 0.161 e. The number of thioether (sulfide) groups is 1. The normalized spacial score (nSPS) is 11.4. The predicted molar refractivity (Wildman–Crippen MR) is 86.2 cm³/mol. The fourth-order valence-corrected chi connectivity index (χ4v) is 2.09. The number of para-hydroxylation sites is 1. The molecule has 0 atom stereocenters. The van der Waals surface area contributed by atoms with Gasteiger partial charge in [-0.25, -0.2) is 0 Å². The number of rotatable bonds is 3. The zero-order valence-electron chi connectivity index (χ0n) is 10.6. The summed E-state index contributed by atoms with van der Waals surface area (Å²) in [6.45, 7) is 0.646. The van der Waals surface area contributed by atoms with Gasteiger partial charge in [-0.05, 0) is 36.1 Å². The summed E-state index contributed by atoms with van der Waals surface area (Å²) in [6.07, 6.45) is 2.01. The third kappa shape index (κ3) is 4.62. The van der Waals surface area contributed by atoms with E-state index in [-0.39, 0.29) is 0 Å². The van der Waals surface area contributed by atoms with Crippen molar-refractivity contribution in [1.29, 1.82) is 0 Å². The molecule has 0 saturated carbocycles. The van der Waals surface area contributed by atoms with Crippen LogP contribution >= 0.6 is 23.4 Å². The molecule has 0 saturated heterocycles. The zero-order chi connectivity index (χ0) is 13.5. The van der Waals surface area contributed by atoms with Crippen LogP contribution < -0.4 is 5.32 Å². The summed E-state index contributed by atoms with van der Waals surface area (Å²) < 4.78 is 0. The van der Waals surface area contributed by atoms with E-state index in [1.54, 1.807) is 11.8 Å². The molecular formula is C15H15ClN2S. The minimum absolute atomic E-state index is 0.646. The second-order valence-electron chi connectivity index (χ2n) is 3.94. The summed E-state index contributed by atoms with van der Waals surface area (Å²) in [7, 11) is 0. The number of amidine groups is 1. The second-order valence-corrected chi connectivity index (χ2v) is 5.17. The number of nitrogens with zero attached hydrogens (tertiary/aromatic N) is 1. The lowest BCUT2D eigenvalue weighted by molar-refractivity contribution is 1.07. The second kappa shape index (κ2) is 7.22. The molecule has 4 heteroatoms. The summed E-state index contributed by atoms with van der Waals surface area (Å²) in [5.74, 6) is 0. The Morgan fingerprint density at radius 2 is 1.79 bits per heavy atom. The van der Waals surface area contributed by atoms with E-state index >= 15 is 0 Å². The van der Waals surface area contributed by atoms with Crippen LogP contribution in [0.15, 0.2) is 59.6 Å². The smallest absolute Gasteiger partial charge is 0.161 e. The van der Waals surface area contributed by atoms with E-state index < -0.39 is 0 Å². The van der Waals surface area contributed by atoms with Gasteiger partial charge in [-0.1, -0.05) is 53.7 Å². The van der Waals surface area contributed by atoms with E-state index in [1.165, 1.54) is 0 Å². The minimum atomic E-state index is 0.646. The fraction of sp³-hybridized carbons (Fsp3) is 0.133. The predicted octanol–water partition coefficient (Wildman–Crippen LogP) is 4.67. The molecule has 0 bridgehead atoms. The van der Waals surface area contributed by atoms with Crippen molar-refractivity contribution in [2.24, 2.45) is 4.99 Å². The van der Waals surface area contributed by atoms with Crippen LogP contribution in [-0.4, -0.2) is 11.4 Å². The molecule has 2 nitrogen and oxygen atoms in total. The third-order valence-corrected chi connectivity index (χ3v) is 3.41. The first-order valence-corrected chi connectivity index (χ1v) is 7.53. The molecule has 2 aromatic rings. The first-order valence-electron chi connectivity index (χ1n) is 5.93. The Morgan fingerprint density at radius 3 is 2.42 bits per heavy atom. The quantitative estimate of drug-likeness (QED) is 0.656. The number of halogens is 1. The molecule has 2 rings (SSSR count). The Hall–Kier alpha value is -1.45. The van der Waals surface area contributed by atoms with E-state index in [0.29, 0.717) is 6.54 Å². The van der Waals surface area contributed by atoms with Crippen LogP contribution in [0, 0.1) is 0 Å². The first-order chi connectivity index (χ1) is 9.28. The zero-order valence-corrected chi connectivity index (χ0v) is 12.2. The highest BCUT2D eigenvalue weighted by Gasteiger charge is 1.98. The summed E-state index contributed by atoms with van der Waals surface area (Å²) in [5.41, 5.74) is 2.19. The van der Waals surface area contributed by atoms with Gasteiger partial charge in [0, 0.05) is 10.7 Å². The van der Waals surface area contributed by atoms with Crippen LogP contribution in [0.5, 0.6) is 0 Å². The average Bonchev–Trinajstić information content (AvgIpc) is 2.46. The molecule has 0 spiro atoms. The van der Waals surface area contributed by atoms with Crippen LogP contribution in [0.1, 0.15) is 5.56 Å². The van der Waals surface area contributed by atoms with E-state index in [2.05, 4.69) is 10.3 Å². The maximum atomic E-state index is 5.86. The molecule has 0 aliphatic rings. The van der Waals surface area contributed by atoms with Gasteiger partial charge in [0.15, 0.2) is 5.17 Å². The standard InChI is InChI=1S/C15H15ClN2S/c1-19-15(18-14-5-3-2-4-6-14)17-11-12-7-9-13(16)10-8-12/h2-10H,11H2,1H3,(H,17,18). The Morgan fingerprint density at radius 1 is 1.11 bits per heavy atom. The van der Waals surface area contributed by atoms with Gasteiger partial charge in [-0.3, -0.25) is 4.99 Å². The van der Waals surface area contributed by atoms with E-state index in [1.807, 2.05) is 60.9 Å². The molecule has 0 aliphatic carbocycles. The Labute approximate surface area is 122 Å². The molecule has 98 valence electrons. The van der Waals surface area contributed by atoms with Crippen LogP contribution in [0.2, 0.25) is 5.02 Å². The lowest BCUT2D eigenvalue weighted by atomic mass is 10.2. The Balaban J connectivity index is 2.01. The van der Waals surface area contributed by atoms with Crippen LogP contribution in [-0.2, 0) is 6.54 Å². The highest BCUT2D eigenvalue weighted by molar-refractivity contribution is 8.13. The van der Waals surface area contributed by atoms with Crippen molar-refractivity contribution in [2.75, 3.05) is 11.6 Å². The molecule has 19 heavy (non-hydrogen) atoms. The van der Waals surface area contributed by atoms with Gasteiger partial charge in [-0.2, -0.15) is 0 Å². The number of benzene rings is 2. The van der Waals surface area contributed by atoms with Gasteiger partial charge < -0.3 is 5.32 Å². The van der Waals surface area contributed by atoms with Gasteiger partial charge in [-0.15, -0.1) is 0 Å². The topological polar surface area (TPSA) is 24.4 Å². The van der Waals surface area contributed by atoms with Gasteiger partial charge in [0.25, 0.3) is 0 Å². The van der Waals surface area contributed by atoms with E-state index in [9.17, 15) is 0 Å². The summed E-state index contributed by atoms with van der Waals surface area (Å²) in [4.78, 5) is 4.56. The van der Waals surface area contributed by atoms with Crippen LogP contribution in [0.3, 0.4) is 0 Å². The lowest BCUT2D eigenvalue weighted by Crippen LogP contribution is -2.07. The van der Waals surface area contributed by atoms with Gasteiger partial charge >= 0.3 is 0 Å². The largest absolute Gasteiger partial charge is 0.335 e. The summed E-state index contributed by atoms with van der Waals surface area (Å²) >= 11 is 7.46. The van der Waals surface area contributed by atoms with Crippen LogP contribution in [0.25, 0.3) is 0 Å². The maximum absolute atomic E-state index is 5.86. The Bertz CT molecular complexity index is 538. The molecule has 1 N–H and O–H groups in total. The minimum Gasteiger partial charge on any atom is -0.335 e. The van der Waals surface area contributed by atoms with Crippen molar-refractivity contribution in [1.82, 2.24) is 0 Å². The monoisotopic (exact) mass is 290 g/mol. The molecule has 0 amide bonds. The van der Waals surface area contributed by atoms with Crippen molar-refractivity contribution in [2.45, 2.75) is 6.54 Å². The summed E-state index contributed by atoms with van der Waals surface area (Å²) in [5, 5.41) is 4.95. The average molecular weight is 291 g/mol. The van der Waals surface area contributed by atoms with Gasteiger partial charge in [0.05, 0.1) is 6.54 Å². The molecule has 0 radical (unpaired) electrons. The number of hydrogen-bond acceptors (Lipinski definition) is 2. The highest BCUT2D eigenvalue weighted by atomic mass is 35.5. The molecule has 0 fully saturated rings. The van der Waals surface area contributed by atoms with Crippen molar-refractivity contribution in [3.8, 4) is 0 Å². The van der Waals surface area contributed by atoms with Gasteiger partial charge in [0.2, 0.25) is 0 Å². The SMILES string of the molecule is CSC(=NCc1ccc(Cl)cc1)Nc1ccccc1. The van der Waals surface area contributed by atoms with Crippen molar-refractivity contribution < 1.29 is 0 Å². The van der Waals surface area contributed by atoms with E-state index in [4.69, 9.17) is 11.6 Å². The first kappa shape index (κ1) is 14.0.